The summed E-state index contributed by atoms with van der Waals surface area (Å²) in [6, 6.07) is 0. The van der Waals surface area contributed by atoms with Crippen LogP contribution in [0.4, 0.5) is 0 Å². The Balaban J connectivity index is 1.43. The Morgan fingerprint density at radius 1 is 0.917 bits per heavy atom. The average molecular weight is 349 g/mol. The van der Waals surface area contributed by atoms with Crippen LogP contribution in [0.1, 0.15) is 6.92 Å². The Kier molecular flexibility index (Phi) is 8.15. The topological polar surface area (TPSA) is 125 Å². The van der Waals surface area contributed by atoms with Crippen LogP contribution >= 0.6 is 0 Å². The van der Waals surface area contributed by atoms with Crippen molar-refractivity contribution in [1.29, 1.82) is 0 Å². The molecule has 1 saturated heterocycles. The van der Waals surface area contributed by atoms with Crippen LogP contribution in [0.5, 0.6) is 0 Å². The van der Waals surface area contributed by atoms with Gasteiger partial charge in [-0.3, -0.25) is 0 Å². The van der Waals surface area contributed by atoms with Crippen LogP contribution in [0.25, 0.3) is 0 Å². The summed E-state index contributed by atoms with van der Waals surface area (Å²) in [4.78, 5) is 0. The summed E-state index contributed by atoms with van der Waals surface area (Å²) in [6.07, 6.45) is -1.72. The Labute approximate surface area is 140 Å². The largest absolute Gasteiger partial charge is 0.388 e. The second kappa shape index (κ2) is 10.1. The van der Waals surface area contributed by atoms with E-state index in [1.165, 1.54) is 0 Å². The number of aliphatic hydroxyl groups excluding tert-OH is 3. The molecule has 0 aliphatic carbocycles. The molecular formula is C14H27N3O7. The average Bonchev–Trinajstić information content (AvgIpc) is 3.09. The van der Waals surface area contributed by atoms with Gasteiger partial charge in [-0.15, -0.1) is 5.12 Å². The van der Waals surface area contributed by atoms with E-state index in [1.54, 1.807) is 24.4 Å². The van der Waals surface area contributed by atoms with Crippen molar-refractivity contribution in [2.45, 2.75) is 37.6 Å². The summed E-state index contributed by atoms with van der Waals surface area (Å²) in [6.45, 7) is 4.25. The van der Waals surface area contributed by atoms with Crippen LogP contribution in [-0.2, 0) is 18.9 Å². The van der Waals surface area contributed by atoms with Gasteiger partial charge in [-0.05, 0) is 6.92 Å². The van der Waals surface area contributed by atoms with Crippen molar-refractivity contribution in [3.63, 3.8) is 0 Å². The van der Waals surface area contributed by atoms with E-state index >= 15 is 0 Å². The van der Waals surface area contributed by atoms with Crippen LogP contribution in [-0.4, -0.2) is 90.7 Å². The fraction of sp³-hybridized carbons (Fsp3) is 0.857. The monoisotopic (exact) mass is 349 g/mol. The van der Waals surface area contributed by atoms with Gasteiger partial charge < -0.3 is 45.1 Å². The van der Waals surface area contributed by atoms with E-state index in [9.17, 15) is 15.3 Å². The van der Waals surface area contributed by atoms with Crippen LogP contribution < -0.4 is 10.9 Å². The Morgan fingerprint density at radius 2 is 1.54 bits per heavy atom. The first-order chi connectivity index (χ1) is 11.6. The molecule has 0 aromatic carbocycles. The second-order valence-corrected chi connectivity index (χ2v) is 5.52. The molecule has 5 atom stereocenters. The first-order valence-electron chi connectivity index (χ1n) is 8.01. The minimum atomic E-state index is -1.29. The van der Waals surface area contributed by atoms with Crippen molar-refractivity contribution < 1.29 is 34.3 Å². The molecule has 2 aliphatic heterocycles. The van der Waals surface area contributed by atoms with E-state index in [0.717, 1.165) is 0 Å². The third-order valence-corrected chi connectivity index (χ3v) is 3.69. The number of nitrogens with one attached hydrogen (secondary N) is 2. The highest BCUT2D eigenvalue weighted by atomic mass is 16.7. The first kappa shape index (κ1) is 19.3. The molecule has 0 saturated carbocycles. The van der Waals surface area contributed by atoms with Gasteiger partial charge in [0.15, 0.2) is 6.29 Å². The van der Waals surface area contributed by atoms with Gasteiger partial charge in [0.25, 0.3) is 0 Å². The highest BCUT2D eigenvalue weighted by Crippen LogP contribution is 2.21. The van der Waals surface area contributed by atoms with Gasteiger partial charge in [0, 0.05) is 12.4 Å². The van der Waals surface area contributed by atoms with E-state index in [4.69, 9.17) is 18.9 Å². The van der Waals surface area contributed by atoms with Crippen molar-refractivity contribution >= 4 is 0 Å². The molecule has 10 nitrogen and oxygen atoms in total. The summed E-state index contributed by atoms with van der Waals surface area (Å²) >= 11 is 0. The fourth-order valence-electron chi connectivity index (χ4n) is 2.27. The Bertz CT molecular complexity index is 379. The molecule has 2 heterocycles. The van der Waals surface area contributed by atoms with E-state index < -0.39 is 30.7 Å². The fourth-order valence-corrected chi connectivity index (χ4v) is 2.27. The summed E-state index contributed by atoms with van der Waals surface area (Å²) in [7, 11) is 0. The number of aliphatic hydroxyl groups is 3. The van der Waals surface area contributed by atoms with Gasteiger partial charge in [0.2, 0.25) is 0 Å². The molecular weight excluding hydrogens is 322 g/mol. The lowest BCUT2D eigenvalue weighted by atomic mass is 10.0. The van der Waals surface area contributed by atoms with Crippen molar-refractivity contribution in [2.75, 3.05) is 39.6 Å². The van der Waals surface area contributed by atoms with Crippen LogP contribution in [0.3, 0.4) is 0 Å². The summed E-state index contributed by atoms with van der Waals surface area (Å²) < 4.78 is 21.4. The Hall–Kier alpha value is -0.980. The summed E-state index contributed by atoms with van der Waals surface area (Å²) in [5, 5.41) is 30.8. The zero-order valence-corrected chi connectivity index (χ0v) is 13.7. The number of rotatable bonds is 10. The van der Waals surface area contributed by atoms with Crippen molar-refractivity contribution in [3.05, 3.63) is 12.4 Å². The van der Waals surface area contributed by atoms with E-state index in [2.05, 4.69) is 10.9 Å². The molecule has 0 unspecified atom stereocenters. The molecule has 5 N–H and O–H groups in total. The van der Waals surface area contributed by atoms with Gasteiger partial charge in [0.05, 0.1) is 45.7 Å². The molecule has 0 aromatic heterocycles. The lowest BCUT2D eigenvalue weighted by Crippen LogP contribution is -2.57. The molecule has 0 spiro atoms. The van der Waals surface area contributed by atoms with E-state index in [0.29, 0.717) is 33.0 Å². The smallest absolute Gasteiger partial charge is 0.186 e. The molecule has 0 radical (unpaired) electrons. The maximum Gasteiger partial charge on any atom is 0.186 e. The van der Waals surface area contributed by atoms with Crippen molar-refractivity contribution in [3.8, 4) is 0 Å². The van der Waals surface area contributed by atoms with Gasteiger partial charge in [-0.2, -0.15) is 0 Å². The quantitative estimate of drug-likeness (QED) is 0.274. The minimum Gasteiger partial charge on any atom is -0.388 e. The number of hydrogen-bond acceptors (Lipinski definition) is 10. The third-order valence-electron chi connectivity index (χ3n) is 3.69. The predicted molar refractivity (Wildman–Crippen MR) is 82.1 cm³/mol. The number of nitrogens with zero attached hydrogens (tertiary/aromatic N) is 1. The first-order valence-corrected chi connectivity index (χ1v) is 8.01. The number of hydrazine groups is 2. The zero-order chi connectivity index (χ0) is 17.4. The molecule has 1 fully saturated rings. The molecule has 140 valence electrons. The highest BCUT2D eigenvalue weighted by Gasteiger charge is 2.42. The molecule has 2 rings (SSSR count). The highest BCUT2D eigenvalue weighted by molar-refractivity contribution is 4.87. The predicted octanol–water partition coefficient (Wildman–Crippen LogP) is -2.34. The molecule has 0 bridgehead atoms. The van der Waals surface area contributed by atoms with Crippen molar-refractivity contribution in [1.82, 2.24) is 16.0 Å². The van der Waals surface area contributed by atoms with E-state index in [1.807, 2.05) is 0 Å². The molecule has 24 heavy (non-hydrogen) atoms. The van der Waals surface area contributed by atoms with Gasteiger partial charge in [0.1, 0.15) is 18.3 Å². The van der Waals surface area contributed by atoms with Crippen LogP contribution in [0.15, 0.2) is 12.4 Å². The lowest BCUT2D eigenvalue weighted by Gasteiger charge is -2.38. The standard InChI is InChI=1S/C14H27N3O7/c1-10-11(18)12(19)13(20)14(24-10)23-9-8-22-7-6-21-5-4-17-15-2-3-16-17/h2-3,10-16,18-20H,4-9H2,1H3/t10-,11+,12+,13-,14+/m0/s1. The zero-order valence-electron chi connectivity index (χ0n) is 13.7. The lowest BCUT2D eigenvalue weighted by molar-refractivity contribution is -0.294. The van der Waals surface area contributed by atoms with Gasteiger partial charge >= 0.3 is 0 Å². The van der Waals surface area contributed by atoms with Crippen molar-refractivity contribution in [2.24, 2.45) is 0 Å². The van der Waals surface area contributed by atoms with Gasteiger partial charge in [-0.25, -0.2) is 0 Å². The second-order valence-electron chi connectivity index (χ2n) is 5.52. The maximum absolute atomic E-state index is 9.78. The Morgan fingerprint density at radius 3 is 2.25 bits per heavy atom. The molecule has 10 heteroatoms. The number of ether oxygens (including phenoxy) is 4. The summed E-state index contributed by atoms with van der Waals surface area (Å²) in [5.41, 5.74) is 5.93. The normalized spacial score (nSPS) is 33.4. The van der Waals surface area contributed by atoms with E-state index in [-0.39, 0.29) is 6.61 Å². The van der Waals surface area contributed by atoms with Gasteiger partial charge in [-0.1, -0.05) is 0 Å². The molecule has 2 aliphatic rings. The number of hydrogen-bond donors (Lipinski definition) is 5. The maximum atomic E-state index is 9.78. The van der Waals surface area contributed by atoms with Crippen LogP contribution in [0.2, 0.25) is 0 Å². The molecule has 0 amide bonds. The SMILES string of the molecule is C[C@@H]1O[C@@H](OCCOCCOCCN2NC=CN2)[C@@H](O)[C@H](O)[C@@H]1O. The molecule has 0 aromatic rings. The summed E-state index contributed by atoms with van der Waals surface area (Å²) in [5.74, 6) is 0. The van der Waals surface area contributed by atoms with Crippen LogP contribution in [0, 0.1) is 0 Å². The third kappa shape index (κ3) is 5.83. The minimum absolute atomic E-state index is 0.199.